The third-order valence-corrected chi connectivity index (χ3v) is 4.19. The SMILES string of the molecule is CCCN1c2cc(C)c(/C=N\NC(N)=O)cc2C(C)=CC1(C)C. The minimum absolute atomic E-state index is 0.00264. The fourth-order valence-corrected chi connectivity index (χ4v) is 3.18. The van der Waals surface area contributed by atoms with Crippen molar-refractivity contribution in [3.8, 4) is 0 Å². The van der Waals surface area contributed by atoms with E-state index in [1.807, 2.05) is 0 Å². The average Bonchev–Trinajstić information content (AvgIpc) is 2.43. The van der Waals surface area contributed by atoms with Crippen LogP contribution < -0.4 is 16.1 Å². The number of hydrogen-bond acceptors (Lipinski definition) is 3. The van der Waals surface area contributed by atoms with Gasteiger partial charge in [-0.3, -0.25) is 0 Å². The molecule has 0 fully saturated rings. The normalized spacial score (nSPS) is 16.2. The van der Waals surface area contributed by atoms with Gasteiger partial charge < -0.3 is 10.6 Å². The van der Waals surface area contributed by atoms with Crippen LogP contribution in [0.25, 0.3) is 5.57 Å². The lowest BCUT2D eigenvalue weighted by atomic mass is 9.87. The van der Waals surface area contributed by atoms with Gasteiger partial charge in [-0.25, -0.2) is 10.2 Å². The van der Waals surface area contributed by atoms with Gasteiger partial charge in [0.1, 0.15) is 0 Å². The Labute approximate surface area is 138 Å². The first-order valence-corrected chi connectivity index (χ1v) is 7.97. The lowest BCUT2D eigenvalue weighted by Gasteiger charge is -2.43. The number of benzene rings is 1. The largest absolute Gasteiger partial charge is 0.362 e. The highest BCUT2D eigenvalue weighted by atomic mass is 16.2. The Balaban J connectivity index is 2.48. The van der Waals surface area contributed by atoms with Gasteiger partial charge in [0.05, 0.1) is 11.8 Å². The van der Waals surface area contributed by atoms with E-state index in [2.05, 4.69) is 68.3 Å². The molecule has 0 unspecified atom stereocenters. The first-order valence-electron chi connectivity index (χ1n) is 7.97. The molecule has 0 bridgehead atoms. The molecule has 0 spiro atoms. The summed E-state index contributed by atoms with van der Waals surface area (Å²) in [4.78, 5) is 13.2. The van der Waals surface area contributed by atoms with Crippen LogP contribution in [0.15, 0.2) is 23.3 Å². The highest BCUT2D eigenvalue weighted by Gasteiger charge is 2.30. The van der Waals surface area contributed by atoms with Gasteiger partial charge >= 0.3 is 6.03 Å². The summed E-state index contributed by atoms with van der Waals surface area (Å²) in [6.45, 7) is 11.9. The van der Waals surface area contributed by atoms with E-state index in [9.17, 15) is 4.79 Å². The van der Waals surface area contributed by atoms with Crippen molar-refractivity contribution in [3.05, 3.63) is 34.9 Å². The minimum Gasteiger partial charge on any atom is -0.362 e. The molecule has 1 aromatic carbocycles. The second-order valence-corrected chi connectivity index (χ2v) is 6.59. The van der Waals surface area contributed by atoms with E-state index in [0.717, 1.165) is 24.1 Å². The van der Waals surface area contributed by atoms with Crippen molar-refractivity contribution in [1.82, 2.24) is 5.43 Å². The summed E-state index contributed by atoms with van der Waals surface area (Å²) in [5, 5.41) is 3.88. The molecule has 0 saturated carbocycles. The summed E-state index contributed by atoms with van der Waals surface area (Å²) in [6.07, 6.45) is 5.04. The molecule has 0 saturated heterocycles. The molecule has 1 aliphatic heterocycles. The molecule has 1 aromatic rings. The molecule has 2 rings (SSSR count). The third-order valence-electron chi connectivity index (χ3n) is 4.19. The van der Waals surface area contributed by atoms with Crippen molar-refractivity contribution in [3.63, 3.8) is 0 Å². The van der Waals surface area contributed by atoms with Crippen molar-refractivity contribution in [2.24, 2.45) is 10.8 Å². The van der Waals surface area contributed by atoms with Crippen LogP contribution in [-0.4, -0.2) is 24.3 Å². The van der Waals surface area contributed by atoms with Gasteiger partial charge in [0.25, 0.3) is 0 Å². The van der Waals surface area contributed by atoms with Gasteiger partial charge in [-0.05, 0) is 62.9 Å². The maximum absolute atomic E-state index is 10.7. The van der Waals surface area contributed by atoms with Crippen molar-refractivity contribution in [2.75, 3.05) is 11.4 Å². The Morgan fingerprint density at radius 1 is 1.39 bits per heavy atom. The number of primary amides is 1. The third kappa shape index (κ3) is 3.55. The molecule has 5 heteroatoms. The Hall–Kier alpha value is -2.30. The molecular weight excluding hydrogens is 288 g/mol. The number of nitrogens with one attached hydrogen (secondary N) is 1. The molecule has 124 valence electrons. The van der Waals surface area contributed by atoms with Crippen LogP contribution in [0.3, 0.4) is 0 Å². The summed E-state index contributed by atoms with van der Waals surface area (Å²) in [7, 11) is 0. The lowest BCUT2D eigenvalue weighted by molar-refractivity contribution is 0.249. The van der Waals surface area contributed by atoms with Crippen LogP contribution in [0.4, 0.5) is 10.5 Å². The summed E-state index contributed by atoms with van der Waals surface area (Å²) < 4.78 is 0. The lowest BCUT2D eigenvalue weighted by Crippen LogP contribution is -2.45. The number of nitrogens with two attached hydrogens (primary N) is 1. The Kier molecular flexibility index (Phi) is 4.78. The molecule has 2 amide bonds. The second-order valence-electron chi connectivity index (χ2n) is 6.59. The van der Waals surface area contributed by atoms with Gasteiger partial charge in [-0.1, -0.05) is 13.0 Å². The van der Waals surface area contributed by atoms with Crippen LogP contribution in [-0.2, 0) is 0 Å². The second kappa shape index (κ2) is 6.44. The molecule has 0 atom stereocenters. The fraction of sp³-hybridized carbons (Fsp3) is 0.444. The van der Waals surface area contributed by atoms with Gasteiger partial charge in [-0.2, -0.15) is 5.10 Å². The van der Waals surface area contributed by atoms with E-state index < -0.39 is 6.03 Å². The summed E-state index contributed by atoms with van der Waals surface area (Å²) in [5.41, 5.74) is 13.1. The van der Waals surface area contributed by atoms with E-state index >= 15 is 0 Å². The zero-order valence-electron chi connectivity index (χ0n) is 14.6. The van der Waals surface area contributed by atoms with E-state index in [1.165, 1.54) is 16.8 Å². The van der Waals surface area contributed by atoms with Gasteiger partial charge in [0.2, 0.25) is 0 Å². The highest BCUT2D eigenvalue weighted by molar-refractivity contribution is 5.90. The number of fused-ring (bicyclic) bond motifs is 1. The predicted molar refractivity (Wildman–Crippen MR) is 96.9 cm³/mol. The van der Waals surface area contributed by atoms with Gasteiger partial charge in [-0.15, -0.1) is 0 Å². The topological polar surface area (TPSA) is 70.7 Å². The number of anilines is 1. The van der Waals surface area contributed by atoms with E-state index in [-0.39, 0.29) is 5.54 Å². The molecule has 0 aliphatic carbocycles. The van der Waals surface area contributed by atoms with Crippen molar-refractivity contribution in [1.29, 1.82) is 0 Å². The van der Waals surface area contributed by atoms with Gasteiger partial charge in [0, 0.05) is 17.8 Å². The van der Waals surface area contributed by atoms with Crippen molar-refractivity contribution in [2.45, 2.75) is 46.6 Å². The van der Waals surface area contributed by atoms with Crippen LogP contribution in [0, 0.1) is 6.92 Å². The Morgan fingerprint density at radius 3 is 2.70 bits per heavy atom. The number of amides is 2. The number of urea groups is 1. The minimum atomic E-state index is -0.663. The molecule has 0 aromatic heterocycles. The molecule has 1 aliphatic rings. The molecule has 23 heavy (non-hydrogen) atoms. The Bertz CT molecular complexity index is 674. The number of allylic oxidation sites excluding steroid dienone is 1. The quantitative estimate of drug-likeness (QED) is 0.660. The van der Waals surface area contributed by atoms with E-state index in [0.29, 0.717) is 0 Å². The summed E-state index contributed by atoms with van der Waals surface area (Å²) in [6, 6.07) is 3.67. The average molecular weight is 314 g/mol. The number of nitrogens with zero attached hydrogens (tertiary/aromatic N) is 2. The maximum atomic E-state index is 10.7. The van der Waals surface area contributed by atoms with E-state index in [4.69, 9.17) is 5.73 Å². The number of aryl methyl sites for hydroxylation is 1. The maximum Gasteiger partial charge on any atom is 0.332 e. The zero-order chi connectivity index (χ0) is 17.2. The molecule has 0 radical (unpaired) electrons. The number of carbonyl (C=O) groups excluding carboxylic acids is 1. The fourth-order valence-electron chi connectivity index (χ4n) is 3.18. The predicted octanol–water partition coefficient (Wildman–Crippen LogP) is 3.41. The van der Waals surface area contributed by atoms with Crippen molar-refractivity contribution >= 4 is 23.5 Å². The van der Waals surface area contributed by atoms with Crippen LogP contribution in [0.1, 0.15) is 50.8 Å². The molecular formula is C18H26N4O. The number of carbonyl (C=O) groups is 1. The van der Waals surface area contributed by atoms with Crippen molar-refractivity contribution < 1.29 is 4.79 Å². The van der Waals surface area contributed by atoms with E-state index in [1.54, 1.807) is 6.21 Å². The van der Waals surface area contributed by atoms with Crippen LogP contribution >= 0.6 is 0 Å². The molecule has 3 N–H and O–H groups in total. The van der Waals surface area contributed by atoms with Gasteiger partial charge in [0.15, 0.2) is 0 Å². The number of hydrazone groups is 1. The molecule has 1 heterocycles. The first kappa shape index (κ1) is 17.1. The summed E-state index contributed by atoms with van der Waals surface area (Å²) >= 11 is 0. The Morgan fingerprint density at radius 2 is 2.09 bits per heavy atom. The standard InChI is InChI=1S/C18H26N4O/c1-6-7-22-16-8-12(2)14(11-20-21-17(19)23)9-15(16)13(3)10-18(22,4)5/h8-11H,6-7H2,1-5H3,(H3,19,21,23)/b20-11-. The number of rotatable bonds is 4. The van der Waals surface area contributed by atoms with Crippen LogP contribution in [0.5, 0.6) is 0 Å². The number of hydrogen-bond donors (Lipinski definition) is 2. The highest BCUT2D eigenvalue weighted by Crippen LogP contribution is 2.40. The zero-order valence-corrected chi connectivity index (χ0v) is 14.6. The first-order chi connectivity index (χ1) is 10.8. The molecule has 5 nitrogen and oxygen atoms in total. The smallest absolute Gasteiger partial charge is 0.332 e. The van der Waals surface area contributed by atoms with Crippen LogP contribution in [0.2, 0.25) is 0 Å². The monoisotopic (exact) mass is 314 g/mol. The summed E-state index contributed by atoms with van der Waals surface area (Å²) in [5.74, 6) is 0.